The molecule has 1 heterocycles. The number of ether oxygens (including phenoxy) is 1. The maximum atomic E-state index is 6.03. The lowest BCUT2D eigenvalue weighted by atomic mass is 9.87. The van der Waals surface area contributed by atoms with Crippen molar-refractivity contribution in [2.45, 2.75) is 57.4 Å². The van der Waals surface area contributed by atoms with Crippen LogP contribution in [-0.4, -0.2) is 9.97 Å². The topological polar surface area (TPSA) is 35.0 Å². The molecule has 28 heavy (non-hydrogen) atoms. The second-order valence-electron chi connectivity index (χ2n) is 7.94. The molecule has 4 heteroatoms. The van der Waals surface area contributed by atoms with E-state index < -0.39 is 0 Å². The molecule has 0 atom stereocenters. The molecule has 0 N–H and O–H groups in total. The maximum Gasteiger partial charge on any atom is 0.223 e. The molecule has 0 unspecified atom stereocenters. The van der Waals surface area contributed by atoms with Crippen molar-refractivity contribution < 1.29 is 4.74 Å². The van der Waals surface area contributed by atoms with Crippen molar-refractivity contribution >= 4 is 11.8 Å². The number of para-hydroxylation sites is 1. The molecule has 2 aromatic carbocycles. The zero-order valence-electron chi connectivity index (χ0n) is 17.3. The molecule has 3 rings (SSSR count). The lowest BCUT2D eigenvalue weighted by Gasteiger charge is -2.19. The van der Waals surface area contributed by atoms with E-state index in [-0.39, 0.29) is 5.41 Å². The van der Waals surface area contributed by atoms with Gasteiger partial charge in [-0.3, -0.25) is 0 Å². The van der Waals surface area contributed by atoms with Crippen LogP contribution in [0.15, 0.2) is 59.8 Å². The second kappa shape index (κ2) is 8.78. The number of rotatable bonds is 6. The number of hydrogen-bond acceptors (Lipinski definition) is 4. The first-order valence-electron chi connectivity index (χ1n) is 9.69. The van der Waals surface area contributed by atoms with Crippen LogP contribution < -0.4 is 4.74 Å². The highest BCUT2D eigenvalue weighted by molar-refractivity contribution is 7.98. The Labute approximate surface area is 172 Å². The van der Waals surface area contributed by atoms with Gasteiger partial charge in [-0.15, -0.1) is 0 Å². The molecule has 0 aliphatic heterocycles. The molecule has 0 amide bonds. The second-order valence-corrected chi connectivity index (χ2v) is 8.88. The van der Waals surface area contributed by atoms with Crippen LogP contribution in [0.25, 0.3) is 0 Å². The van der Waals surface area contributed by atoms with Gasteiger partial charge in [0, 0.05) is 17.5 Å². The predicted molar refractivity (Wildman–Crippen MR) is 117 cm³/mol. The van der Waals surface area contributed by atoms with Gasteiger partial charge in [0.2, 0.25) is 5.88 Å². The van der Waals surface area contributed by atoms with Gasteiger partial charge in [-0.05, 0) is 41.5 Å². The van der Waals surface area contributed by atoms with Crippen molar-refractivity contribution in [3.63, 3.8) is 0 Å². The number of aryl methyl sites for hydroxylation is 2. The van der Waals surface area contributed by atoms with Gasteiger partial charge in [-0.2, -0.15) is 4.98 Å². The Morgan fingerprint density at radius 2 is 1.68 bits per heavy atom. The number of thioether (sulfide) groups is 1. The molecule has 0 spiro atoms. The average Bonchev–Trinajstić information content (AvgIpc) is 2.67. The predicted octanol–water partition coefficient (Wildman–Crippen LogP) is 6.73. The quantitative estimate of drug-likeness (QED) is 0.344. The van der Waals surface area contributed by atoms with Gasteiger partial charge >= 0.3 is 0 Å². The molecule has 0 fully saturated rings. The average molecular weight is 393 g/mol. The Morgan fingerprint density at radius 3 is 2.32 bits per heavy atom. The summed E-state index contributed by atoms with van der Waals surface area (Å²) in [6, 6.07) is 18.7. The van der Waals surface area contributed by atoms with Gasteiger partial charge < -0.3 is 4.74 Å². The summed E-state index contributed by atoms with van der Waals surface area (Å²) < 4.78 is 6.03. The van der Waals surface area contributed by atoms with Crippen LogP contribution in [0.5, 0.6) is 11.6 Å². The fraction of sp³-hybridized carbons (Fsp3) is 0.333. The van der Waals surface area contributed by atoms with E-state index in [1.807, 2.05) is 37.3 Å². The fourth-order valence-corrected chi connectivity index (χ4v) is 3.60. The van der Waals surface area contributed by atoms with Crippen molar-refractivity contribution in [2.75, 3.05) is 0 Å². The number of benzene rings is 2. The van der Waals surface area contributed by atoms with Crippen LogP contribution >= 0.6 is 11.8 Å². The van der Waals surface area contributed by atoms with Crippen molar-refractivity contribution in [3.05, 3.63) is 77.0 Å². The Balaban J connectivity index is 1.74. The number of aromatic nitrogens is 2. The molecular formula is C24H28N2OS. The molecule has 0 radical (unpaired) electrons. The summed E-state index contributed by atoms with van der Waals surface area (Å²) in [5, 5.41) is 0.753. The third-order valence-corrected chi connectivity index (χ3v) is 5.51. The summed E-state index contributed by atoms with van der Waals surface area (Å²) >= 11 is 1.64. The van der Waals surface area contributed by atoms with Gasteiger partial charge in [0.1, 0.15) is 5.75 Å². The van der Waals surface area contributed by atoms with Crippen molar-refractivity contribution in [1.29, 1.82) is 0 Å². The normalized spacial score (nSPS) is 11.5. The highest BCUT2D eigenvalue weighted by Gasteiger charge is 2.13. The van der Waals surface area contributed by atoms with Crippen molar-refractivity contribution in [3.8, 4) is 11.6 Å². The minimum Gasteiger partial charge on any atom is -0.439 e. The van der Waals surface area contributed by atoms with E-state index in [4.69, 9.17) is 4.74 Å². The Hall–Kier alpha value is -2.33. The van der Waals surface area contributed by atoms with E-state index in [1.54, 1.807) is 11.8 Å². The Bertz CT molecular complexity index is 930. The zero-order chi connectivity index (χ0) is 20.1. The maximum absolute atomic E-state index is 6.03. The van der Waals surface area contributed by atoms with Crippen LogP contribution in [-0.2, 0) is 17.6 Å². The summed E-state index contributed by atoms with van der Waals surface area (Å²) in [4.78, 5) is 9.28. The number of hydrogen-bond donors (Lipinski definition) is 0. The Morgan fingerprint density at radius 1 is 0.964 bits per heavy atom. The summed E-state index contributed by atoms with van der Waals surface area (Å²) in [6.45, 7) is 10.8. The highest BCUT2D eigenvalue weighted by Crippen LogP contribution is 2.28. The van der Waals surface area contributed by atoms with E-state index in [0.717, 1.165) is 34.3 Å². The molecule has 0 saturated heterocycles. The molecule has 0 aliphatic rings. The molecule has 3 nitrogen and oxygen atoms in total. The van der Waals surface area contributed by atoms with Crippen LogP contribution in [0.1, 0.15) is 50.1 Å². The molecule has 0 bridgehead atoms. The van der Waals surface area contributed by atoms with Crippen LogP contribution in [0.2, 0.25) is 0 Å². The zero-order valence-corrected chi connectivity index (χ0v) is 18.1. The Kier molecular flexibility index (Phi) is 6.40. The summed E-state index contributed by atoms with van der Waals surface area (Å²) in [5.74, 6) is 2.27. The number of nitrogens with zero attached hydrogens (tertiary/aromatic N) is 2. The largest absolute Gasteiger partial charge is 0.439 e. The minimum atomic E-state index is 0.173. The van der Waals surface area contributed by atoms with E-state index in [0.29, 0.717) is 5.88 Å². The first-order chi connectivity index (χ1) is 13.3. The highest BCUT2D eigenvalue weighted by atomic mass is 32.2. The lowest BCUT2D eigenvalue weighted by molar-refractivity contribution is 0.450. The fourth-order valence-electron chi connectivity index (χ4n) is 2.78. The summed E-state index contributed by atoms with van der Waals surface area (Å²) in [6.07, 6.45) is 0.848. The van der Waals surface area contributed by atoms with Crippen LogP contribution in [0.3, 0.4) is 0 Å². The van der Waals surface area contributed by atoms with E-state index in [9.17, 15) is 0 Å². The first-order valence-corrected chi connectivity index (χ1v) is 10.7. The monoisotopic (exact) mass is 392 g/mol. The molecule has 0 saturated carbocycles. The SMILES string of the molecule is CCc1cc(Oc2ccccc2C)nc(SCc2ccc(C(C)(C)C)cc2)n1. The summed E-state index contributed by atoms with van der Waals surface area (Å²) in [7, 11) is 0. The van der Waals surface area contributed by atoms with E-state index >= 15 is 0 Å². The summed E-state index contributed by atoms with van der Waals surface area (Å²) in [5.41, 5.74) is 4.87. The standard InChI is InChI=1S/C24H28N2OS/c1-6-20-15-22(27-21-10-8-7-9-17(21)2)26-23(25-20)28-16-18-11-13-19(14-12-18)24(3,4)5/h7-15H,6,16H2,1-5H3. The van der Waals surface area contributed by atoms with Gasteiger partial charge in [-0.25, -0.2) is 4.98 Å². The molecule has 146 valence electrons. The van der Waals surface area contributed by atoms with Gasteiger partial charge in [0.25, 0.3) is 0 Å². The lowest BCUT2D eigenvalue weighted by Crippen LogP contribution is -2.10. The smallest absolute Gasteiger partial charge is 0.223 e. The van der Waals surface area contributed by atoms with Crippen molar-refractivity contribution in [1.82, 2.24) is 9.97 Å². The third-order valence-electron chi connectivity index (χ3n) is 4.59. The van der Waals surface area contributed by atoms with Crippen LogP contribution in [0, 0.1) is 6.92 Å². The van der Waals surface area contributed by atoms with Gasteiger partial charge in [0.05, 0.1) is 0 Å². The van der Waals surface area contributed by atoms with Crippen LogP contribution in [0.4, 0.5) is 0 Å². The van der Waals surface area contributed by atoms with E-state index in [1.165, 1.54) is 11.1 Å². The van der Waals surface area contributed by atoms with Gasteiger partial charge in [-0.1, -0.05) is 81.9 Å². The third kappa shape index (κ3) is 5.35. The van der Waals surface area contributed by atoms with Crippen molar-refractivity contribution in [2.24, 2.45) is 0 Å². The first kappa shape index (κ1) is 20.4. The minimum absolute atomic E-state index is 0.173. The molecule has 0 aliphatic carbocycles. The van der Waals surface area contributed by atoms with Gasteiger partial charge in [0.15, 0.2) is 5.16 Å². The molecule has 3 aromatic rings. The molecular weight excluding hydrogens is 364 g/mol. The molecule has 1 aromatic heterocycles. The van der Waals surface area contributed by atoms with E-state index in [2.05, 4.69) is 61.9 Å².